The van der Waals surface area contributed by atoms with Crippen molar-refractivity contribution >= 4 is 5.78 Å². The number of halogens is 3. The SMILES string of the molecule is CC1(C)CC(=O)c2ccc(OCC(O)CC(F)(F)F)cc2O1. The topological polar surface area (TPSA) is 55.8 Å². The van der Waals surface area contributed by atoms with Crippen LogP contribution in [0.1, 0.15) is 37.0 Å². The highest BCUT2D eigenvalue weighted by Gasteiger charge is 2.33. The van der Waals surface area contributed by atoms with Crippen molar-refractivity contribution in [1.29, 1.82) is 0 Å². The van der Waals surface area contributed by atoms with Crippen LogP contribution >= 0.6 is 0 Å². The van der Waals surface area contributed by atoms with Crippen molar-refractivity contribution in [3.8, 4) is 11.5 Å². The lowest BCUT2D eigenvalue weighted by Gasteiger charge is -2.31. The second-order valence-corrected chi connectivity index (χ2v) is 5.90. The lowest BCUT2D eigenvalue weighted by atomic mass is 9.93. The smallest absolute Gasteiger partial charge is 0.391 e. The van der Waals surface area contributed by atoms with E-state index in [1.165, 1.54) is 18.2 Å². The van der Waals surface area contributed by atoms with Gasteiger partial charge in [0.15, 0.2) is 5.78 Å². The molecule has 22 heavy (non-hydrogen) atoms. The van der Waals surface area contributed by atoms with Crippen molar-refractivity contribution in [2.24, 2.45) is 0 Å². The van der Waals surface area contributed by atoms with E-state index in [-0.39, 0.29) is 18.0 Å². The molecule has 0 radical (unpaired) electrons. The highest BCUT2D eigenvalue weighted by Crippen LogP contribution is 2.35. The van der Waals surface area contributed by atoms with Crippen LogP contribution in [0.4, 0.5) is 13.2 Å². The van der Waals surface area contributed by atoms with Crippen LogP contribution in [0.25, 0.3) is 0 Å². The van der Waals surface area contributed by atoms with E-state index in [2.05, 4.69) is 0 Å². The summed E-state index contributed by atoms with van der Waals surface area (Å²) in [6.07, 6.45) is -7.17. The van der Waals surface area contributed by atoms with Crippen molar-refractivity contribution in [3.05, 3.63) is 23.8 Å². The monoisotopic (exact) mass is 318 g/mol. The fraction of sp³-hybridized carbons (Fsp3) is 0.533. The second-order valence-electron chi connectivity index (χ2n) is 5.90. The van der Waals surface area contributed by atoms with Crippen LogP contribution < -0.4 is 9.47 Å². The predicted octanol–water partition coefficient (Wildman–Crippen LogP) is 3.12. The molecule has 0 amide bonds. The molecule has 1 atom stereocenters. The molecular formula is C15H17F3O4. The maximum absolute atomic E-state index is 12.1. The van der Waals surface area contributed by atoms with Gasteiger partial charge >= 0.3 is 6.18 Å². The van der Waals surface area contributed by atoms with E-state index in [1.54, 1.807) is 13.8 Å². The van der Waals surface area contributed by atoms with Gasteiger partial charge in [-0.1, -0.05) is 0 Å². The molecule has 4 nitrogen and oxygen atoms in total. The van der Waals surface area contributed by atoms with Gasteiger partial charge in [0.25, 0.3) is 0 Å². The van der Waals surface area contributed by atoms with E-state index < -0.39 is 30.9 Å². The summed E-state index contributed by atoms with van der Waals surface area (Å²) in [4.78, 5) is 11.9. The Balaban J connectivity index is 2.04. The van der Waals surface area contributed by atoms with Crippen molar-refractivity contribution in [2.75, 3.05) is 6.61 Å². The number of ether oxygens (including phenoxy) is 2. The third-order valence-corrected chi connectivity index (χ3v) is 3.14. The molecule has 0 aromatic heterocycles. The molecule has 1 heterocycles. The van der Waals surface area contributed by atoms with Gasteiger partial charge in [0.05, 0.1) is 24.5 Å². The zero-order valence-electron chi connectivity index (χ0n) is 12.2. The molecule has 1 unspecified atom stereocenters. The van der Waals surface area contributed by atoms with E-state index in [4.69, 9.17) is 9.47 Å². The van der Waals surface area contributed by atoms with Crippen molar-refractivity contribution in [2.45, 2.75) is 44.6 Å². The van der Waals surface area contributed by atoms with Crippen molar-refractivity contribution < 1.29 is 32.5 Å². The van der Waals surface area contributed by atoms with E-state index in [0.29, 0.717) is 11.3 Å². The molecule has 0 saturated carbocycles. The van der Waals surface area contributed by atoms with Crippen molar-refractivity contribution in [3.63, 3.8) is 0 Å². The summed E-state index contributed by atoms with van der Waals surface area (Å²) in [5, 5.41) is 9.28. The van der Waals surface area contributed by atoms with Gasteiger partial charge in [-0.3, -0.25) is 4.79 Å². The first-order chi connectivity index (χ1) is 10.1. The Labute approximate surface area is 125 Å². The molecule has 0 bridgehead atoms. The van der Waals surface area contributed by atoms with Crippen LogP contribution in [0.3, 0.4) is 0 Å². The van der Waals surface area contributed by atoms with E-state index in [0.717, 1.165) is 0 Å². The van der Waals surface area contributed by atoms with Crippen molar-refractivity contribution in [1.82, 2.24) is 0 Å². The average molecular weight is 318 g/mol. The van der Waals surface area contributed by atoms with Gasteiger partial charge in [-0.25, -0.2) is 0 Å². The quantitative estimate of drug-likeness (QED) is 0.927. The third kappa shape index (κ3) is 4.37. The van der Waals surface area contributed by atoms with Gasteiger partial charge < -0.3 is 14.6 Å². The second kappa shape index (κ2) is 5.79. The average Bonchev–Trinajstić information content (AvgIpc) is 2.32. The number of benzene rings is 1. The van der Waals surface area contributed by atoms with Gasteiger partial charge in [0, 0.05) is 6.07 Å². The lowest BCUT2D eigenvalue weighted by Crippen LogP contribution is -2.35. The van der Waals surface area contributed by atoms with Crippen LogP contribution in [0, 0.1) is 0 Å². The first-order valence-corrected chi connectivity index (χ1v) is 6.80. The van der Waals surface area contributed by atoms with E-state index >= 15 is 0 Å². The molecule has 2 rings (SSSR count). The van der Waals surface area contributed by atoms with Gasteiger partial charge in [0.2, 0.25) is 0 Å². The molecule has 7 heteroatoms. The molecule has 122 valence electrons. The minimum Gasteiger partial charge on any atom is -0.491 e. The summed E-state index contributed by atoms with van der Waals surface area (Å²) in [6, 6.07) is 4.44. The number of aliphatic hydroxyl groups is 1. The Morgan fingerprint density at radius 2 is 2.09 bits per heavy atom. The summed E-state index contributed by atoms with van der Waals surface area (Å²) >= 11 is 0. The fourth-order valence-corrected chi connectivity index (χ4v) is 2.24. The van der Waals surface area contributed by atoms with Crippen LogP contribution in [0.15, 0.2) is 18.2 Å². The summed E-state index contributed by atoms with van der Waals surface area (Å²) in [5.74, 6) is 0.518. The Bertz CT molecular complexity index is 566. The fourth-order valence-electron chi connectivity index (χ4n) is 2.24. The highest BCUT2D eigenvalue weighted by atomic mass is 19.4. The predicted molar refractivity (Wildman–Crippen MR) is 72.3 cm³/mol. The van der Waals surface area contributed by atoms with E-state index in [1.807, 2.05) is 0 Å². The van der Waals surface area contributed by atoms with E-state index in [9.17, 15) is 23.1 Å². The number of hydrogen-bond donors (Lipinski definition) is 1. The lowest BCUT2D eigenvalue weighted by molar-refractivity contribution is -0.156. The van der Waals surface area contributed by atoms with Gasteiger partial charge in [0.1, 0.15) is 23.7 Å². The summed E-state index contributed by atoms with van der Waals surface area (Å²) in [7, 11) is 0. The van der Waals surface area contributed by atoms with Gasteiger partial charge in [-0.15, -0.1) is 0 Å². The number of Topliss-reactive ketones (excluding diaryl/α,β-unsaturated/α-hetero) is 1. The molecule has 0 aliphatic carbocycles. The number of rotatable bonds is 4. The maximum Gasteiger partial charge on any atom is 0.391 e. The number of fused-ring (bicyclic) bond motifs is 1. The first-order valence-electron chi connectivity index (χ1n) is 6.80. The minimum atomic E-state index is -4.45. The third-order valence-electron chi connectivity index (χ3n) is 3.14. The summed E-state index contributed by atoms with van der Waals surface area (Å²) < 4.78 is 47.2. The molecular weight excluding hydrogens is 301 g/mol. The number of carbonyl (C=O) groups is 1. The summed E-state index contributed by atoms with van der Waals surface area (Å²) in [5.41, 5.74) is -0.221. The Kier molecular flexibility index (Phi) is 4.37. The zero-order valence-corrected chi connectivity index (χ0v) is 12.2. The zero-order chi connectivity index (χ0) is 16.5. The first kappa shape index (κ1) is 16.6. The Morgan fingerprint density at radius 1 is 1.41 bits per heavy atom. The molecule has 0 fully saturated rings. The number of hydrogen-bond acceptors (Lipinski definition) is 4. The van der Waals surface area contributed by atoms with Crippen LogP contribution in [0.2, 0.25) is 0 Å². The number of aliphatic hydroxyl groups excluding tert-OH is 1. The van der Waals surface area contributed by atoms with Crippen LogP contribution in [-0.2, 0) is 0 Å². The Morgan fingerprint density at radius 3 is 2.73 bits per heavy atom. The molecule has 1 aliphatic heterocycles. The van der Waals surface area contributed by atoms with Gasteiger partial charge in [-0.05, 0) is 26.0 Å². The number of ketones is 1. The van der Waals surface area contributed by atoms with Crippen LogP contribution in [-0.4, -0.2) is 35.4 Å². The number of alkyl halides is 3. The van der Waals surface area contributed by atoms with Gasteiger partial charge in [-0.2, -0.15) is 13.2 Å². The molecule has 1 aromatic rings. The largest absolute Gasteiger partial charge is 0.491 e. The Hall–Kier alpha value is -1.76. The molecule has 0 saturated heterocycles. The highest BCUT2D eigenvalue weighted by molar-refractivity contribution is 6.00. The van der Waals surface area contributed by atoms with Crippen LogP contribution in [0.5, 0.6) is 11.5 Å². The standard InChI is InChI=1S/C15H17F3O4/c1-14(2)7-12(20)11-4-3-10(5-13(11)22-14)21-8-9(19)6-15(16,17)18/h3-5,9,19H,6-8H2,1-2H3. The number of carbonyl (C=O) groups excluding carboxylic acids is 1. The minimum absolute atomic E-state index is 0.0603. The normalized spacial score (nSPS) is 18.4. The maximum atomic E-state index is 12.1. The molecule has 1 aliphatic rings. The summed E-state index contributed by atoms with van der Waals surface area (Å²) in [6.45, 7) is 3.05. The molecule has 0 spiro atoms. The molecule has 1 N–H and O–H groups in total. The molecule has 1 aromatic carbocycles.